The quantitative estimate of drug-likeness (QED) is 0.155. The number of aromatic nitrogens is 3. The number of nitrogens with zero attached hydrogens (tertiary/aromatic N) is 3. The van der Waals surface area contributed by atoms with Gasteiger partial charge in [0.05, 0.1) is 29.2 Å². The fourth-order valence-corrected chi connectivity index (χ4v) is 4.12. The monoisotopic (exact) mass is 507 g/mol. The van der Waals surface area contributed by atoms with Gasteiger partial charge in [-0.3, -0.25) is 4.79 Å². The summed E-state index contributed by atoms with van der Waals surface area (Å²) < 4.78 is 7.49. The third kappa shape index (κ3) is 6.40. The normalized spacial score (nSPS) is 11.0. The second kappa shape index (κ2) is 11.5. The summed E-state index contributed by atoms with van der Waals surface area (Å²) in [6, 6.07) is 21.3. The molecule has 10 heteroatoms. The van der Waals surface area contributed by atoms with Crippen LogP contribution in [0.25, 0.3) is 17.1 Å². The van der Waals surface area contributed by atoms with Gasteiger partial charge in [-0.1, -0.05) is 35.9 Å². The predicted molar refractivity (Wildman–Crippen MR) is 134 cm³/mol. The lowest BCUT2D eigenvalue weighted by molar-refractivity contribution is -0.625. The summed E-state index contributed by atoms with van der Waals surface area (Å²) in [6.07, 6.45) is 1.43. The number of hydrogen-bond donors (Lipinski definition) is 2. The number of thioether (sulfide) groups is 1. The fraction of sp³-hybridized carbons (Fsp3) is 0.120. The largest absolute Gasteiger partial charge is 0.872 e. The Balaban J connectivity index is 1.52. The van der Waals surface area contributed by atoms with Crippen LogP contribution < -0.4 is 19.8 Å². The zero-order valence-corrected chi connectivity index (χ0v) is 20.3. The van der Waals surface area contributed by atoms with Crippen LogP contribution in [0.5, 0.6) is 11.5 Å². The lowest BCUT2D eigenvalue weighted by Gasteiger charge is -2.07. The molecule has 1 heterocycles. The van der Waals surface area contributed by atoms with Crippen LogP contribution >= 0.6 is 23.4 Å². The van der Waals surface area contributed by atoms with Crippen molar-refractivity contribution in [2.24, 2.45) is 5.10 Å². The highest BCUT2D eigenvalue weighted by atomic mass is 35.5. The molecule has 0 spiro atoms. The highest BCUT2D eigenvalue weighted by molar-refractivity contribution is 7.99. The van der Waals surface area contributed by atoms with Crippen LogP contribution in [0.2, 0.25) is 5.02 Å². The molecular weight excluding hydrogens is 486 g/mol. The number of carbonyl (C=O) groups is 1. The number of nitrogens with one attached hydrogen (secondary N) is 2. The molecule has 0 aliphatic carbocycles. The average Bonchev–Trinajstić information content (AvgIpc) is 3.28. The topological polar surface area (TPSA) is 106 Å². The van der Waals surface area contributed by atoms with Crippen molar-refractivity contribution < 1.29 is 19.2 Å². The van der Waals surface area contributed by atoms with Gasteiger partial charge in [-0.15, -0.1) is 10.8 Å². The second-order valence-electron chi connectivity index (χ2n) is 7.28. The number of rotatable bonds is 9. The van der Waals surface area contributed by atoms with Gasteiger partial charge in [0.2, 0.25) is 0 Å². The SMILES string of the molecule is CCOc1ccc(-[n+]2c(SCC(=O)NN=Cc3cccc([O-])c3)n[nH]c2-c2ccc(Cl)cc2)cc1. The van der Waals surface area contributed by atoms with Crippen LogP contribution in [-0.4, -0.2) is 34.7 Å². The highest BCUT2D eigenvalue weighted by Gasteiger charge is 2.24. The van der Waals surface area contributed by atoms with Crippen molar-refractivity contribution in [3.63, 3.8) is 0 Å². The predicted octanol–water partition coefficient (Wildman–Crippen LogP) is 3.72. The van der Waals surface area contributed by atoms with Crippen molar-refractivity contribution in [1.82, 2.24) is 15.6 Å². The Morgan fingerprint density at radius 3 is 2.69 bits per heavy atom. The first-order valence-corrected chi connectivity index (χ1v) is 12.1. The molecule has 0 radical (unpaired) electrons. The molecule has 0 bridgehead atoms. The second-order valence-corrected chi connectivity index (χ2v) is 8.66. The Labute approximate surface area is 211 Å². The lowest BCUT2D eigenvalue weighted by Crippen LogP contribution is -2.34. The van der Waals surface area contributed by atoms with Crippen LogP contribution in [0.4, 0.5) is 0 Å². The number of halogens is 1. The van der Waals surface area contributed by atoms with Crippen molar-refractivity contribution in [1.29, 1.82) is 0 Å². The first-order valence-electron chi connectivity index (χ1n) is 10.7. The van der Waals surface area contributed by atoms with E-state index in [4.69, 9.17) is 16.3 Å². The molecular formula is C25H22ClN5O3S. The van der Waals surface area contributed by atoms with Gasteiger partial charge in [-0.25, -0.2) is 5.43 Å². The zero-order valence-electron chi connectivity index (χ0n) is 18.8. The summed E-state index contributed by atoms with van der Waals surface area (Å²) in [4.78, 5) is 12.4. The Hall–Kier alpha value is -3.82. The van der Waals surface area contributed by atoms with Crippen LogP contribution in [0.1, 0.15) is 12.5 Å². The number of aromatic amines is 1. The molecule has 0 fully saturated rings. The smallest absolute Gasteiger partial charge is 0.342 e. The summed E-state index contributed by atoms with van der Waals surface area (Å²) in [6.45, 7) is 2.51. The van der Waals surface area contributed by atoms with E-state index in [1.807, 2.05) is 47.9 Å². The van der Waals surface area contributed by atoms with Crippen molar-refractivity contribution in [3.8, 4) is 28.6 Å². The summed E-state index contributed by atoms with van der Waals surface area (Å²) in [5, 5.41) is 24.1. The summed E-state index contributed by atoms with van der Waals surface area (Å²) in [5.41, 5.74) is 4.82. The number of hydrogen-bond acceptors (Lipinski definition) is 6. The molecule has 35 heavy (non-hydrogen) atoms. The van der Waals surface area contributed by atoms with Crippen LogP contribution in [-0.2, 0) is 4.79 Å². The Bertz CT molecular complexity index is 1320. The molecule has 0 aliphatic rings. The number of carbonyl (C=O) groups excluding carboxylic acids is 1. The van der Waals surface area contributed by atoms with Gasteiger partial charge >= 0.3 is 5.16 Å². The van der Waals surface area contributed by atoms with E-state index in [0.717, 1.165) is 22.8 Å². The average molecular weight is 508 g/mol. The minimum absolute atomic E-state index is 0.0842. The van der Waals surface area contributed by atoms with E-state index in [0.29, 0.717) is 22.3 Å². The van der Waals surface area contributed by atoms with E-state index in [2.05, 4.69) is 20.7 Å². The number of ether oxygens (including phenoxy) is 1. The first-order chi connectivity index (χ1) is 17.0. The third-order valence-electron chi connectivity index (χ3n) is 4.79. The number of benzene rings is 3. The standard InChI is InChI=1S/C25H22ClN5O3S/c1-2-34-22-12-10-20(11-13-22)31-24(18-6-8-19(26)9-7-18)29-30-25(31)35-16-23(33)28-27-15-17-4-3-5-21(32)14-17/h3-15H,2,16H2,1H3,(H2,28,32,33). The number of H-pyrrole nitrogens is 1. The molecule has 4 rings (SSSR count). The van der Waals surface area contributed by atoms with E-state index < -0.39 is 0 Å². The van der Waals surface area contributed by atoms with Crippen molar-refractivity contribution in [2.75, 3.05) is 12.4 Å². The minimum atomic E-state index is -0.307. The van der Waals surface area contributed by atoms with Gasteiger partial charge < -0.3 is 9.84 Å². The molecule has 8 nitrogen and oxygen atoms in total. The Kier molecular flexibility index (Phi) is 8.02. The Morgan fingerprint density at radius 2 is 1.97 bits per heavy atom. The maximum atomic E-state index is 12.4. The zero-order chi connectivity index (χ0) is 24.6. The summed E-state index contributed by atoms with van der Waals surface area (Å²) >= 11 is 7.32. The molecule has 2 N–H and O–H groups in total. The third-order valence-corrected chi connectivity index (χ3v) is 5.98. The van der Waals surface area contributed by atoms with E-state index in [-0.39, 0.29) is 17.4 Å². The van der Waals surface area contributed by atoms with Crippen molar-refractivity contribution >= 4 is 35.5 Å². The molecule has 4 aromatic rings. The van der Waals surface area contributed by atoms with Crippen molar-refractivity contribution in [2.45, 2.75) is 12.1 Å². The molecule has 178 valence electrons. The van der Waals surface area contributed by atoms with Gasteiger partial charge in [0.1, 0.15) is 11.4 Å². The number of hydrazone groups is 1. The highest BCUT2D eigenvalue weighted by Crippen LogP contribution is 2.23. The number of amides is 1. The maximum Gasteiger partial charge on any atom is 0.342 e. The lowest BCUT2D eigenvalue weighted by atomic mass is 10.2. The van der Waals surface area contributed by atoms with Crippen LogP contribution in [0, 0.1) is 0 Å². The molecule has 3 aromatic carbocycles. The molecule has 0 saturated heterocycles. The van der Waals surface area contributed by atoms with Gasteiger partial charge in [-0.05, 0) is 72.8 Å². The summed E-state index contributed by atoms with van der Waals surface area (Å²) in [5.74, 6) is 1.16. The van der Waals surface area contributed by atoms with Gasteiger partial charge in [-0.2, -0.15) is 9.67 Å². The molecule has 1 amide bonds. The molecule has 0 atom stereocenters. The fourth-order valence-electron chi connectivity index (χ4n) is 3.23. The molecule has 0 saturated carbocycles. The van der Waals surface area contributed by atoms with E-state index in [1.54, 1.807) is 24.3 Å². The van der Waals surface area contributed by atoms with Gasteiger partial charge in [0.25, 0.3) is 11.7 Å². The van der Waals surface area contributed by atoms with Gasteiger partial charge in [0.15, 0.2) is 0 Å². The Morgan fingerprint density at radius 1 is 1.20 bits per heavy atom. The van der Waals surface area contributed by atoms with Gasteiger partial charge in [0, 0.05) is 5.02 Å². The van der Waals surface area contributed by atoms with Crippen molar-refractivity contribution in [3.05, 3.63) is 83.4 Å². The van der Waals surface area contributed by atoms with Crippen LogP contribution in [0.3, 0.4) is 0 Å². The first kappa shape index (κ1) is 24.3. The maximum absolute atomic E-state index is 12.4. The van der Waals surface area contributed by atoms with E-state index in [1.165, 1.54) is 30.1 Å². The van der Waals surface area contributed by atoms with E-state index >= 15 is 0 Å². The van der Waals surface area contributed by atoms with Crippen LogP contribution in [0.15, 0.2) is 83.1 Å². The molecule has 1 aromatic heterocycles. The minimum Gasteiger partial charge on any atom is -0.872 e. The molecule has 0 aliphatic heterocycles. The summed E-state index contributed by atoms with van der Waals surface area (Å²) in [7, 11) is 0. The van der Waals surface area contributed by atoms with E-state index in [9.17, 15) is 9.90 Å². The molecule has 0 unspecified atom stereocenters.